The first-order valence-corrected chi connectivity index (χ1v) is 26.1. The van der Waals surface area contributed by atoms with Crippen LogP contribution in [-0.2, 0) is 23.7 Å². The minimum atomic E-state index is -0.581. The van der Waals surface area contributed by atoms with E-state index in [0.29, 0.717) is 13.2 Å². The summed E-state index contributed by atoms with van der Waals surface area (Å²) in [6.07, 6.45) is 42.3. The Bertz CT molecular complexity index is 692. The lowest BCUT2D eigenvalue weighted by atomic mass is 9.89. The molecule has 0 aromatic rings. The molecule has 0 aliphatic heterocycles. The van der Waals surface area contributed by atoms with Gasteiger partial charge in [0, 0.05) is 24.7 Å². The molecule has 0 N–H and O–H groups in total. The number of ether oxygens (including phenoxy) is 5. The van der Waals surface area contributed by atoms with Gasteiger partial charge in [-0.2, -0.15) is 0 Å². The van der Waals surface area contributed by atoms with E-state index in [2.05, 4.69) is 55.4 Å². The van der Waals surface area contributed by atoms with E-state index in [4.69, 9.17) is 23.7 Å². The van der Waals surface area contributed by atoms with Gasteiger partial charge >= 0.3 is 0 Å². The second kappa shape index (κ2) is 42.5. The molecule has 0 heterocycles. The third-order valence-corrected chi connectivity index (χ3v) is 12.5. The molecule has 0 bridgehead atoms. The zero-order chi connectivity index (χ0) is 42.0. The lowest BCUT2D eigenvalue weighted by Crippen LogP contribution is -2.48. The van der Waals surface area contributed by atoms with Crippen LogP contribution in [0.15, 0.2) is 0 Å². The summed E-state index contributed by atoms with van der Waals surface area (Å²) in [6, 6.07) is 0. The molecule has 0 spiro atoms. The summed E-state index contributed by atoms with van der Waals surface area (Å²) in [7, 11) is 0. The van der Waals surface area contributed by atoms with E-state index in [1.54, 1.807) is 0 Å². The normalized spacial score (nSPS) is 13.5. The Labute approximate surface area is 359 Å². The van der Waals surface area contributed by atoms with Crippen LogP contribution >= 0.6 is 0 Å². The maximum atomic E-state index is 6.91. The Morgan fingerprint density at radius 3 is 0.737 bits per heavy atom. The molecular weight excluding hydrogens is 705 g/mol. The number of unbranched alkanes of at least 4 members (excludes halogenated alkanes) is 24. The van der Waals surface area contributed by atoms with Gasteiger partial charge in [-0.1, -0.05) is 209 Å². The smallest absolute Gasteiger partial charge is 0.173 e. The van der Waals surface area contributed by atoms with Gasteiger partial charge in [0.05, 0.1) is 39.6 Å². The number of hydrogen-bond acceptors (Lipinski definition) is 5. The Hall–Kier alpha value is -0.200. The molecule has 5 heteroatoms. The minimum Gasteiger partial charge on any atom is -0.380 e. The number of rotatable bonds is 48. The molecule has 2 atom stereocenters. The van der Waals surface area contributed by atoms with Crippen LogP contribution in [0.1, 0.15) is 274 Å². The maximum Gasteiger partial charge on any atom is 0.173 e. The van der Waals surface area contributed by atoms with Gasteiger partial charge in [0.2, 0.25) is 0 Å². The predicted octanol–water partition coefficient (Wildman–Crippen LogP) is 17.1. The molecule has 0 saturated carbocycles. The van der Waals surface area contributed by atoms with Crippen molar-refractivity contribution in [1.82, 2.24) is 0 Å². The monoisotopic (exact) mass is 811 g/mol. The molecule has 57 heavy (non-hydrogen) atoms. The van der Waals surface area contributed by atoms with Crippen molar-refractivity contribution in [2.45, 2.75) is 285 Å². The average molecular weight is 811 g/mol. The van der Waals surface area contributed by atoms with Gasteiger partial charge in [-0.15, -0.1) is 0 Å². The third kappa shape index (κ3) is 29.7. The van der Waals surface area contributed by atoms with Gasteiger partial charge in [-0.05, 0) is 51.4 Å². The molecule has 0 fully saturated rings. The van der Waals surface area contributed by atoms with Crippen LogP contribution in [0.25, 0.3) is 0 Å². The van der Waals surface area contributed by atoms with E-state index in [-0.39, 0.29) is 11.8 Å². The topological polar surface area (TPSA) is 46.2 Å². The van der Waals surface area contributed by atoms with Crippen LogP contribution in [-0.4, -0.2) is 51.2 Å². The highest BCUT2D eigenvalue weighted by Crippen LogP contribution is 2.37. The molecule has 0 aromatic heterocycles. The predicted molar refractivity (Wildman–Crippen MR) is 249 cm³/mol. The van der Waals surface area contributed by atoms with Gasteiger partial charge in [0.1, 0.15) is 0 Å². The highest BCUT2D eigenvalue weighted by molar-refractivity contribution is 4.83. The van der Waals surface area contributed by atoms with E-state index >= 15 is 0 Å². The molecule has 0 amide bonds. The Kier molecular flexibility index (Phi) is 42.3. The number of hydrogen-bond donors (Lipinski definition) is 0. The van der Waals surface area contributed by atoms with Crippen molar-refractivity contribution in [3.05, 3.63) is 0 Å². The second-order valence-electron chi connectivity index (χ2n) is 17.8. The van der Waals surface area contributed by atoms with E-state index in [0.717, 1.165) is 116 Å². The first-order valence-electron chi connectivity index (χ1n) is 26.1. The standard InChI is InChI=1S/C52H106O5/c1-9-17-23-25-27-29-31-33-35-37-39-41-51(54-43-19-11-3,55-44-20-12-4)49(15-7)47-53-48-50(16-8)52(56-45-21-13-5,57-46-22-14-6)42-40-38-36-34-32-30-28-26-24-18-10-2/h49-50H,9-48H2,1-8H3. The van der Waals surface area contributed by atoms with Crippen molar-refractivity contribution < 1.29 is 23.7 Å². The van der Waals surface area contributed by atoms with Crippen molar-refractivity contribution in [2.75, 3.05) is 39.6 Å². The van der Waals surface area contributed by atoms with E-state index < -0.39 is 11.6 Å². The summed E-state index contributed by atoms with van der Waals surface area (Å²) >= 11 is 0. The fourth-order valence-electron chi connectivity index (χ4n) is 8.34. The van der Waals surface area contributed by atoms with Gasteiger partial charge in [-0.25, -0.2) is 0 Å². The summed E-state index contributed by atoms with van der Waals surface area (Å²) in [4.78, 5) is 0. The SMILES string of the molecule is CCCCCCCCCCCCCC(OCCCC)(OCCCC)C(CC)COCC(CC)C(CCCCCCCCCCCCC)(OCCCC)OCCCC. The molecule has 0 aliphatic rings. The molecule has 2 unspecified atom stereocenters. The van der Waals surface area contributed by atoms with Crippen LogP contribution in [0, 0.1) is 11.8 Å². The fourth-order valence-corrected chi connectivity index (χ4v) is 8.34. The minimum absolute atomic E-state index is 0.190. The summed E-state index contributed by atoms with van der Waals surface area (Å²) in [5.41, 5.74) is 0. The molecule has 0 aromatic carbocycles. The Morgan fingerprint density at radius 2 is 0.509 bits per heavy atom. The van der Waals surface area contributed by atoms with Crippen LogP contribution in [0.3, 0.4) is 0 Å². The first-order chi connectivity index (χ1) is 28.0. The van der Waals surface area contributed by atoms with Crippen LogP contribution in [0.4, 0.5) is 0 Å². The summed E-state index contributed by atoms with van der Waals surface area (Å²) in [5.74, 6) is -0.783. The molecule has 344 valence electrons. The largest absolute Gasteiger partial charge is 0.380 e. The maximum absolute atomic E-state index is 6.91. The van der Waals surface area contributed by atoms with E-state index in [1.165, 1.54) is 128 Å². The average Bonchev–Trinajstić information content (AvgIpc) is 3.22. The Morgan fingerprint density at radius 1 is 0.281 bits per heavy atom. The van der Waals surface area contributed by atoms with E-state index in [1.807, 2.05) is 0 Å². The summed E-state index contributed by atoms with van der Waals surface area (Å²) in [5, 5.41) is 0. The molecule has 0 aliphatic carbocycles. The van der Waals surface area contributed by atoms with Crippen molar-refractivity contribution in [3.8, 4) is 0 Å². The van der Waals surface area contributed by atoms with Crippen molar-refractivity contribution in [2.24, 2.45) is 11.8 Å². The summed E-state index contributed by atoms with van der Waals surface area (Å²) in [6.45, 7) is 22.6. The fraction of sp³-hybridized carbons (Fsp3) is 1.00. The molecular formula is C52H106O5. The summed E-state index contributed by atoms with van der Waals surface area (Å²) < 4.78 is 34.5. The van der Waals surface area contributed by atoms with Crippen molar-refractivity contribution >= 4 is 0 Å². The van der Waals surface area contributed by atoms with Gasteiger partial charge < -0.3 is 23.7 Å². The Balaban J connectivity index is 5.72. The molecule has 0 rings (SSSR count). The first kappa shape index (κ1) is 56.8. The molecule has 5 nitrogen and oxygen atoms in total. The van der Waals surface area contributed by atoms with Crippen molar-refractivity contribution in [3.63, 3.8) is 0 Å². The van der Waals surface area contributed by atoms with Gasteiger partial charge in [0.15, 0.2) is 11.6 Å². The van der Waals surface area contributed by atoms with Crippen LogP contribution in [0.5, 0.6) is 0 Å². The quantitative estimate of drug-likeness (QED) is 0.0452. The zero-order valence-corrected chi connectivity index (χ0v) is 40.5. The zero-order valence-electron chi connectivity index (χ0n) is 40.5. The van der Waals surface area contributed by atoms with Gasteiger partial charge in [0.25, 0.3) is 0 Å². The van der Waals surface area contributed by atoms with E-state index in [9.17, 15) is 0 Å². The highest BCUT2D eigenvalue weighted by atomic mass is 16.7. The van der Waals surface area contributed by atoms with Gasteiger partial charge in [-0.3, -0.25) is 0 Å². The molecule has 0 saturated heterocycles. The lowest BCUT2D eigenvalue weighted by molar-refractivity contribution is -0.290. The van der Waals surface area contributed by atoms with Crippen molar-refractivity contribution in [1.29, 1.82) is 0 Å². The van der Waals surface area contributed by atoms with Crippen LogP contribution in [0.2, 0.25) is 0 Å². The molecule has 0 radical (unpaired) electrons. The lowest BCUT2D eigenvalue weighted by Gasteiger charge is -2.42. The highest BCUT2D eigenvalue weighted by Gasteiger charge is 2.42. The second-order valence-corrected chi connectivity index (χ2v) is 17.8. The third-order valence-electron chi connectivity index (χ3n) is 12.5. The van der Waals surface area contributed by atoms with Crippen LogP contribution < -0.4 is 0 Å².